The molecule has 8 heteroatoms. The largest absolute Gasteiger partial charge is 0.455 e. The van der Waals surface area contributed by atoms with Gasteiger partial charge in [0.15, 0.2) is 5.75 Å². The molecule has 0 aliphatic rings. The molecule has 5 nitrogen and oxygen atoms in total. The van der Waals surface area contributed by atoms with E-state index < -0.39 is 17.6 Å². The van der Waals surface area contributed by atoms with Crippen molar-refractivity contribution in [1.82, 2.24) is 9.88 Å². The lowest BCUT2D eigenvalue weighted by atomic mass is 10.1. The van der Waals surface area contributed by atoms with Crippen LogP contribution in [0.4, 0.5) is 13.2 Å². The predicted octanol–water partition coefficient (Wildman–Crippen LogP) is 6.09. The van der Waals surface area contributed by atoms with Crippen molar-refractivity contribution in [2.24, 2.45) is 0 Å². The zero-order valence-corrected chi connectivity index (χ0v) is 17.7. The van der Waals surface area contributed by atoms with Crippen molar-refractivity contribution in [3.63, 3.8) is 0 Å². The highest BCUT2D eigenvalue weighted by atomic mass is 19.4. The van der Waals surface area contributed by atoms with Crippen LogP contribution in [0.15, 0.2) is 91.1 Å². The summed E-state index contributed by atoms with van der Waals surface area (Å²) in [5.74, 6) is 0.451. The number of nitrogens with one attached hydrogen (secondary N) is 1. The molecule has 1 amide bonds. The monoisotopic (exact) mass is 461 g/mol. The molecule has 0 atom stereocenters. The van der Waals surface area contributed by atoms with Gasteiger partial charge in [0.05, 0.1) is 16.8 Å². The van der Waals surface area contributed by atoms with Crippen LogP contribution in [-0.4, -0.2) is 10.5 Å². The third-order valence-electron chi connectivity index (χ3n) is 5.03. The average Bonchev–Trinajstić information content (AvgIpc) is 3.27. The first kappa shape index (κ1) is 22.7. The number of ether oxygens (including phenoxy) is 1. The Morgan fingerprint density at radius 1 is 0.971 bits per heavy atom. The van der Waals surface area contributed by atoms with Gasteiger partial charge < -0.3 is 14.6 Å². The Kier molecular flexibility index (Phi) is 6.37. The average molecular weight is 461 g/mol. The van der Waals surface area contributed by atoms with Crippen LogP contribution < -0.4 is 10.1 Å². The lowest BCUT2D eigenvalue weighted by molar-refractivity contribution is -0.137. The SMILES string of the molecule is N#Cc1ccn(-c2ccccc2Oc2ccccc2)c1C(=O)NCc1cccc(C(F)(F)F)c1. The molecule has 170 valence electrons. The minimum atomic E-state index is -4.48. The number of hydrogen-bond donors (Lipinski definition) is 1. The van der Waals surface area contributed by atoms with Crippen LogP contribution >= 0.6 is 0 Å². The fourth-order valence-electron chi connectivity index (χ4n) is 3.44. The number of halogens is 3. The second kappa shape index (κ2) is 9.55. The van der Waals surface area contributed by atoms with E-state index in [4.69, 9.17) is 4.74 Å². The summed E-state index contributed by atoms with van der Waals surface area (Å²) < 4.78 is 46.5. The summed E-state index contributed by atoms with van der Waals surface area (Å²) in [5.41, 5.74) is 0.187. The molecule has 0 saturated heterocycles. The maximum Gasteiger partial charge on any atom is 0.416 e. The molecule has 0 unspecified atom stereocenters. The highest BCUT2D eigenvalue weighted by molar-refractivity contribution is 5.96. The van der Waals surface area contributed by atoms with Gasteiger partial charge in [-0.05, 0) is 48.0 Å². The van der Waals surface area contributed by atoms with Gasteiger partial charge in [-0.3, -0.25) is 4.79 Å². The minimum Gasteiger partial charge on any atom is -0.455 e. The smallest absolute Gasteiger partial charge is 0.416 e. The third kappa shape index (κ3) is 4.94. The molecule has 0 fully saturated rings. The van der Waals surface area contributed by atoms with Crippen LogP contribution in [0.3, 0.4) is 0 Å². The number of rotatable bonds is 6. The number of nitrogens with zero attached hydrogens (tertiary/aromatic N) is 2. The van der Waals surface area contributed by atoms with Gasteiger partial charge in [-0.1, -0.05) is 42.5 Å². The van der Waals surface area contributed by atoms with Crippen LogP contribution in [0.25, 0.3) is 5.69 Å². The molecule has 1 heterocycles. The van der Waals surface area contributed by atoms with Gasteiger partial charge in [-0.15, -0.1) is 0 Å². The summed E-state index contributed by atoms with van der Waals surface area (Å²) in [6.45, 7) is -0.138. The van der Waals surface area contributed by atoms with Crippen LogP contribution in [0.2, 0.25) is 0 Å². The lowest BCUT2D eigenvalue weighted by Crippen LogP contribution is -2.26. The Labute approximate surface area is 193 Å². The van der Waals surface area contributed by atoms with Gasteiger partial charge in [0.2, 0.25) is 0 Å². The molecule has 0 aliphatic heterocycles. The van der Waals surface area contributed by atoms with Crippen LogP contribution in [-0.2, 0) is 12.7 Å². The summed E-state index contributed by atoms with van der Waals surface area (Å²) in [4.78, 5) is 13.1. The molecule has 4 aromatic rings. The van der Waals surface area contributed by atoms with E-state index in [-0.39, 0.29) is 23.4 Å². The number of hydrogen-bond acceptors (Lipinski definition) is 3. The Morgan fingerprint density at radius 2 is 1.71 bits per heavy atom. The normalized spacial score (nSPS) is 11.0. The van der Waals surface area contributed by atoms with Crippen molar-refractivity contribution in [3.8, 4) is 23.3 Å². The van der Waals surface area contributed by atoms with E-state index in [1.807, 2.05) is 24.3 Å². The van der Waals surface area contributed by atoms with E-state index in [2.05, 4.69) is 5.32 Å². The number of aromatic nitrogens is 1. The molecule has 3 aromatic carbocycles. The molecular weight excluding hydrogens is 443 g/mol. The molecule has 4 rings (SSSR count). The van der Waals surface area contributed by atoms with Crippen molar-refractivity contribution in [2.45, 2.75) is 12.7 Å². The fraction of sp³-hybridized carbons (Fsp3) is 0.0769. The van der Waals surface area contributed by atoms with E-state index in [1.54, 1.807) is 42.6 Å². The first-order chi connectivity index (χ1) is 16.4. The molecule has 0 aliphatic carbocycles. The Bertz CT molecular complexity index is 1360. The quantitative estimate of drug-likeness (QED) is 0.378. The summed E-state index contributed by atoms with van der Waals surface area (Å²) in [5, 5.41) is 12.2. The molecule has 34 heavy (non-hydrogen) atoms. The first-order valence-corrected chi connectivity index (χ1v) is 10.2. The van der Waals surface area contributed by atoms with Crippen LogP contribution in [0.1, 0.15) is 27.2 Å². The van der Waals surface area contributed by atoms with E-state index >= 15 is 0 Å². The van der Waals surface area contributed by atoms with Crippen LogP contribution in [0.5, 0.6) is 11.5 Å². The van der Waals surface area contributed by atoms with Gasteiger partial charge in [-0.25, -0.2) is 0 Å². The molecule has 0 radical (unpaired) electrons. The van der Waals surface area contributed by atoms with Crippen molar-refractivity contribution in [1.29, 1.82) is 5.26 Å². The zero-order valence-electron chi connectivity index (χ0n) is 17.7. The maximum atomic E-state index is 13.1. The van der Waals surface area contributed by atoms with Gasteiger partial charge >= 0.3 is 6.18 Å². The van der Waals surface area contributed by atoms with Crippen molar-refractivity contribution in [2.75, 3.05) is 0 Å². The Hall–Kier alpha value is -4.51. The lowest BCUT2D eigenvalue weighted by Gasteiger charge is -2.15. The predicted molar refractivity (Wildman–Crippen MR) is 120 cm³/mol. The van der Waals surface area contributed by atoms with E-state index in [0.29, 0.717) is 17.2 Å². The number of amides is 1. The van der Waals surface area contributed by atoms with Gasteiger partial charge in [0, 0.05) is 12.7 Å². The third-order valence-corrected chi connectivity index (χ3v) is 5.03. The minimum absolute atomic E-state index is 0.0542. The standard InChI is InChI=1S/C26H18F3N3O2/c27-26(28,29)20-8-6-7-18(15-20)17-31-25(33)24-19(16-30)13-14-32(24)22-11-4-5-12-23(22)34-21-9-2-1-3-10-21/h1-15H,17H2,(H,31,33). The van der Waals surface area contributed by atoms with Crippen LogP contribution in [0, 0.1) is 11.3 Å². The Balaban J connectivity index is 1.63. The molecular formula is C26H18F3N3O2. The number of nitriles is 1. The number of benzene rings is 3. The van der Waals surface area contributed by atoms with E-state index in [1.165, 1.54) is 22.8 Å². The maximum absolute atomic E-state index is 13.1. The molecule has 0 spiro atoms. The summed E-state index contributed by atoms with van der Waals surface area (Å²) in [6, 6.07) is 24.3. The molecule has 1 N–H and O–H groups in total. The van der Waals surface area contributed by atoms with E-state index in [0.717, 1.165) is 12.1 Å². The summed E-state index contributed by atoms with van der Waals surface area (Å²) >= 11 is 0. The fourth-order valence-corrected chi connectivity index (χ4v) is 3.44. The van der Waals surface area contributed by atoms with Gasteiger partial charge in [0.25, 0.3) is 5.91 Å². The number of carbonyl (C=O) groups excluding carboxylic acids is 1. The number of carbonyl (C=O) groups is 1. The van der Waals surface area contributed by atoms with Gasteiger partial charge in [0.1, 0.15) is 17.5 Å². The van der Waals surface area contributed by atoms with Crippen molar-refractivity contribution >= 4 is 5.91 Å². The molecule has 0 bridgehead atoms. The number of para-hydroxylation sites is 3. The highest BCUT2D eigenvalue weighted by Crippen LogP contribution is 2.31. The van der Waals surface area contributed by atoms with Crippen molar-refractivity contribution in [3.05, 3.63) is 114 Å². The van der Waals surface area contributed by atoms with Gasteiger partial charge in [-0.2, -0.15) is 18.4 Å². The molecule has 1 aromatic heterocycles. The molecule has 0 saturated carbocycles. The summed E-state index contributed by atoms with van der Waals surface area (Å²) in [7, 11) is 0. The zero-order chi connectivity index (χ0) is 24.1. The van der Waals surface area contributed by atoms with E-state index in [9.17, 15) is 23.2 Å². The topological polar surface area (TPSA) is 67.0 Å². The Morgan fingerprint density at radius 3 is 2.44 bits per heavy atom. The second-order valence-electron chi connectivity index (χ2n) is 7.32. The van der Waals surface area contributed by atoms with Crippen molar-refractivity contribution < 1.29 is 22.7 Å². The summed E-state index contributed by atoms with van der Waals surface area (Å²) in [6.07, 6.45) is -2.91. The highest BCUT2D eigenvalue weighted by Gasteiger charge is 2.30. The second-order valence-corrected chi connectivity index (χ2v) is 7.32. The number of alkyl halides is 3. The first-order valence-electron chi connectivity index (χ1n) is 10.2.